The first-order valence-electron chi connectivity index (χ1n) is 13.4. The molecular weight excluding hydrogens is 470 g/mol. The van der Waals surface area contributed by atoms with E-state index < -0.39 is 11.0 Å². The van der Waals surface area contributed by atoms with Gasteiger partial charge in [-0.2, -0.15) is 0 Å². The second-order valence-electron chi connectivity index (χ2n) is 11.5. The molecule has 0 unspecified atom stereocenters. The predicted octanol–water partition coefficient (Wildman–Crippen LogP) is 4.79. The number of aryl methyl sites for hydroxylation is 2. The molecule has 0 bridgehead atoms. The average Bonchev–Trinajstić information content (AvgIpc) is 3.29. The van der Waals surface area contributed by atoms with Crippen molar-refractivity contribution in [2.75, 3.05) is 45.7 Å². The van der Waals surface area contributed by atoms with Crippen molar-refractivity contribution in [1.29, 1.82) is 0 Å². The molecule has 3 atom stereocenters. The number of anilines is 1. The molecule has 0 saturated carbocycles. The molecule has 0 N–H and O–H groups in total. The van der Waals surface area contributed by atoms with E-state index in [-0.39, 0.29) is 17.6 Å². The van der Waals surface area contributed by atoms with Gasteiger partial charge < -0.3 is 9.80 Å². The van der Waals surface area contributed by atoms with Crippen LogP contribution in [-0.4, -0.2) is 62.3 Å². The summed E-state index contributed by atoms with van der Waals surface area (Å²) in [5, 5.41) is 0. The van der Waals surface area contributed by atoms with E-state index >= 15 is 4.79 Å². The Morgan fingerprint density at radius 3 is 2.16 bits per heavy atom. The molecule has 194 valence electrons. The number of nitrogens with zero attached hydrogens (tertiary/aromatic N) is 3. The van der Waals surface area contributed by atoms with Crippen LogP contribution in [0.15, 0.2) is 78.4 Å². The SMILES string of the molecule is Cc1ccc(/C=C2\CN(C)C[C@]3(C2=O)[C@H](c2ccc(C)cc2)CN(C)[C@]32C(=O)N(C)c3ccccc32)cc1. The van der Waals surface area contributed by atoms with Crippen LogP contribution in [0.25, 0.3) is 6.08 Å². The summed E-state index contributed by atoms with van der Waals surface area (Å²) in [4.78, 5) is 35.8. The zero-order chi connectivity index (χ0) is 26.8. The number of carbonyl (C=O) groups is 2. The average molecular weight is 506 g/mol. The zero-order valence-electron chi connectivity index (χ0n) is 22.9. The Labute approximate surface area is 225 Å². The highest BCUT2D eigenvalue weighted by molar-refractivity contribution is 6.16. The maximum atomic E-state index is 15.1. The second-order valence-corrected chi connectivity index (χ2v) is 11.5. The highest BCUT2D eigenvalue weighted by atomic mass is 16.2. The summed E-state index contributed by atoms with van der Waals surface area (Å²) in [6.07, 6.45) is 2.03. The molecule has 3 aliphatic heterocycles. The van der Waals surface area contributed by atoms with Crippen molar-refractivity contribution in [1.82, 2.24) is 9.80 Å². The van der Waals surface area contributed by atoms with Gasteiger partial charge in [0.15, 0.2) is 5.78 Å². The minimum atomic E-state index is -1.09. The number of carbonyl (C=O) groups excluding carboxylic acids is 2. The minimum Gasteiger partial charge on any atom is -0.313 e. The van der Waals surface area contributed by atoms with Gasteiger partial charge in [-0.1, -0.05) is 77.9 Å². The van der Waals surface area contributed by atoms with Gasteiger partial charge in [-0.25, -0.2) is 0 Å². The Bertz CT molecular complexity index is 1460. The van der Waals surface area contributed by atoms with E-state index in [1.807, 2.05) is 38.4 Å². The summed E-state index contributed by atoms with van der Waals surface area (Å²) >= 11 is 0. The first kappa shape index (κ1) is 24.8. The van der Waals surface area contributed by atoms with Crippen molar-refractivity contribution in [3.05, 3.63) is 106 Å². The molecule has 2 saturated heterocycles. The van der Waals surface area contributed by atoms with Gasteiger partial charge in [-0.15, -0.1) is 0 Å². The number of hydrogen-bond acceptors (Lipinski definition) is 4. The lowest BCUT2D eigenvalue weighted by atomic mass is 9.56. The molecule has 3 aromatic rings. The van der Waals surface area contributed by atoms with Crippen LogP contribution >= 0.6 is 0 Å². The van der Waals surface area contributed by atoms with Gasteiger partial charge in [0, 0.05) is 49.4 Å². The van der Waals surface area contributed by atoms with Gasteiger partial charge in [-0.05, 0) is 51.2 Å². The summed E-state index contributed by atoms with van der Waals surface area (Å²) < 4.78 is 0. The van der Waals surface area contributed by atoms with Gasteiger partial charge in [-0.3, -0.25) is 14.5 Å². The standard InChI is InChI=1S/C33H35N3O2/c1-22-10-14-24(15-11-22)18-26-19-34(3)21-32(30(26)37)28(25-16-12-23(2)13-17-25)20-35(4)33(32)27-8-6-7-9-29(27)36(5)31(33)38/h6-18,28H,19-21H2,1-5H3/b26-18+/t28-,32+,33+/m0/s1. The quantitative estimate of drug-likeness (QED) is 0.470. The minimum absolute atomic E-state index is 0.0193. The van der Waals surface area contributed by atoms with Crippen LogP contribution in [0.3, 0.4) is 0 Å². The number of rotatable bonds is 2. The molecule has 1 amide bonds. The van der Waals surface area contributed by atoms with Crippen molar-refractivity contribution in [2.45, 2.75) is 25.3 Å². The fourth-order valence-electron chi connectivity index (χ4n) is 7.41. The van der Waals surface area contributed by atoms with Crippen LogP contribution in [-0.2, 0) is 15.1 Å². The number of likely N-dealkylation sites (N-methyl/N-ethyl adjacent to an activating group) is 3. The van der Waals surface area contributed by atoms with E-state index in [0.717, 1.165) is 28.0 Å². The van der Waals surface area contributed by atoms with E-state index in [1.54, 1.807) is 4.90 Å². The molecule has 2 spiro atoms. The molecule has 0 aliphatic carbocycles. The summed E-state index contributed by atoms with van der Waals surface area (Å²) in [6, 6.07) is 24.8. The van der Waals surface area contributed by atoms with Crippen LogP contribution in [0, 0.1) is 19.3 Å². The topological polar surface area (TPSA) is 43.9 Å². The third kappa shape index (κ3) is 3.25. The number of fused-ring (bicyclic) bond motifs is 3. The second kappa shape index (κ2) is 8.75. The van der Waals surface area contributed by atoms with Crippen LogP contribution < -0.4 is 4.90 Å². The van der Waals surface area contributed by atoms with Crippen LogP contribution in [0.2, 0.25) is 0 Å². The maximum Gasteiger partial charge on any atom is 0.253 e. The Hall–Kier alpha value is -3.54. The zero-order valence-corrected chi connectivity index (χ0v) is 22.9. The van der Waals surface area contributed by atoms with Crippen molar-refractivity contribution in [2.24, 2.45) is 5.41 Å². The highest BCUT2D eigenvalue weighted by Gasteiger charge is 2.75. The van der Waals surface area contributed by atoms with E-state index in [4.69, 9.17) is 0 Å². The summed E-state index contributed by atoms with van der Waals surface area (Å²) in [5.41, 5.74) is 4.98. The first-order valence-corrected chi connectivity index (χ1v) is 13.4. The number of piperidine rings is 1. The number of Topliss-reactive ketones (excluding diaryl/α,β-unsaturated/α-hetero) is 1. The number of benzene rings is 3. The van der Waals surface area contributed by atoms with E-state index in [0.29, 0.717) is 19.6 Å². The molecule has 3 aromatic carbocycles. The van der Waals surface area contributed by atoms with Crippen LogP contribution in [0.1, 0.15) is 33.7 Å². The Balaban J connectivity index is 1.63. The normalized spacial score (nSPS) is 28.7. The van der Waals surface area contributed by atoms with Crippen molar-refractivity contribution in [3.63, 3.8) is 0 Å². The molecule has 0 radical (unpaired) electrons. The number of ketones is 1. The Morgan fingerprint density at radius 1 is 0.842 bits per heavy atom. The summed E-state index contributed by atoms with van der Waals surface area (Å²) in [5.74, 6) is -0.0769. The summed E-state index contributed by atoms with van der Waals surface area (Å²) in [7, 11) is 5.94. The smallest absolute Gasteiger partial charge is 0.253 e. The third-order valence-corrected chi connectivity index (χ3v) is 9.09. The first-order chi connectivity index (χ1) is 18.2. The van der Waals surface area contributed by atoms with Crippen molar-refractivity contribution < 1.29 is 9.59 Å². The Morgan fingerprint density at radius 2 is 1.47 bits per heavy atom. The molecule has 3 aliphatic rings. The van der Waals surface area contributed by atoms with E-state index in [9.17, 15) is 4.79 Å². The molecule has 38 heavy (non-hydrogen) atoms. The van der Waals surface area contributed by atoms with Crippen LogP contribution in [0.5, 0.6) is 0 Å². The lowest BCUT2D eigenvalue weighted by Crippen LogP contribution is -2.65. The van der Waals surface area contributed by atoms with Gasteiger partial charge in [0.2, 0.25) is 0 Å². The molecule has 2 fully saturated rings. The highest BCUT2D eigenvalue weighted by Crippen LogP contribution is 2.65. The number of likely N-dealkylation sites (tertiary alicyclic amines) is 2. The fraction of sp³-hybridized carbons (Fsp3) is 0.333. The molecule has 5 nitrogen and oxygen atoms in total. The molecule has 6 rings (SSSR count). The third-order valence-electron chi connectivity index (χ3n) is 9.09. The lowest BCUT2D eigenvalue weighted by Gasteiger charge is -2.51. The molecule has 0 aromatic heterocycles. The Kier molecular flexibility index (Phi) is 5.71. The van der Waals surface area contributed by atoms with Crippen molar-refractivity contribution in [3.8, 4) is 0 Å². The number of amides is 1. The van der Waals surface area contributed by atoms with Gasteiger partial charge in [0.05, 0.1) is 5.41 Å². The predicted molar refractivity (Wildman–Crippen MR) is 152 cm³/mol. The number of hydrogen-bond donors (Lipinski definition) is 0. The monoisotopic (exact) mass is 505 g/mol. The summed E-state index contributed by atoms with van der Waals surface area (Å²) in [6.45, 7) is 5.83. The number of para-hydroxylation sites is 1. The van der Waals surface area contributed by atoms with Crippen LogP contribution in [0.4, 0.5) is 5.69 Å². The van der Waals surface area contributed by atoms with Gasteiger partial charge in [0.25, 0.3) is 5.91 Å². The largest absolute Gasteiger partial charge is 0.313 e. The molecule has 5 heteroatoms. The molecule has 3 heterocycles. The lowest BCUT2D eigenvalue weighted by molar-refractivity contribution is -0.147. The van der Waals surface area contributed by atoms with Crippen molar-refractivity contribution >= 4 is 23.5 Å². The van der Waals surface area contributed by atoms with E-state index in [2.05, 4.69) is 85.3 Å². The molecular formula is C33H35N3O2. The van der Waals surface area contributed by atoms with Gasteiger partial charge in [0.1, 0.15) is 5.54 Å². The van der Waals surface area contributed by atoms with Gasteiger partial charge >= 0.3 is 0 Å². The van der Waals surface area contributed by atoms with E-state index in [1.165, 1.54) is 11.1 Å². The maximum absolute atomic E-state index is 15.1. The fourth-order valence-corrected chi connectivity index (χ4v) is 7.41.